The molecule has 1 aromatic carbocycles. The number of pyridine rings is 1. The van der Waals surface area contributed by atoms with Crippen LogP contribution in [0.1, 0.15) is 16.1 Å². The van der Waals surface area contributed by atoms with Crippen LogP contribution in [0, 0.1) is 24.1 Å². The predicted octanol–water partition coefficient (Wildman–Crippen LogP) is 3.02. The highest BCUT2D eigenvalue weighted by Gasteiger charge is 2.20. The molecule has 2 aromatic heterocycles. The Morgan fingerprint density at radius 1 is 1.39 bits per heavy atom. The van der Waals surface area contributed by atoms with Gasteiger partial charge in [-0.15, -0.1) is 0 Å². The molecule has 0 aliphatic rings. The first-order valence-electron chi connectivity index (χ1n) is 6.67. The second-order valence-corrected chi connectivity index (χ2v) is 4.74. The second-order valence-electron chi connectivity index (χ2n) is 4.74. The smallest absolute Gasteiger partial charge is 0.340 e. The van der Waals surface area contributed by atoms with Crippen molar-refractivity contribution in [3.8, 4) is 17.3 Å². The number of hydrogen-bond acceptors (Lipinski definition) is 6. The third kappa shape index (κ3) is 2.74. The Kier molecular flexibility index (Phi) is 3.73. The van der Waals surface area contributed by atoms with E-state index in [9.17, 15) is 9.18 Å². The predicted molar refractivity (Wildman–Crippen MR) is 77.8 cm³/mol. The fourth-order valence-corrected chi connectivity index (χ4v) is 2.20. The van der Waals surface area contributed by atoms with Gasteiger partial charge in [-0.05, 0) is 37.3 Å². The fourth-order valence-electron chi connectivity index (χ4n) is 2.20. The summed E-state index contributed by atoms with van der Waals surface area (Å²) < 4.78 is 23.0. The van der Waals surface area contributed by atoms with Gasteiger partial charge in [0.05, 0.1) is 22.3 Å². The summed E-state index contributed by atoms with van der Waals surface area (Å²) in [5.74, 6) is -1.05. The lowest BCUT2D eigenvalue weighted by molar-refractivity contribution is 0.0557. The van der Waals surface area contributed by atoms with Crippen LogP contribution in [0.15, 0.2) is 34.9 Å². The summed E-state index contributed by atoms with van der Waals surface area (Å²) >= 11 is 0. The largest absolute Gasteiger partial charge is 0.447 e. The fraction of sp³-hybridized carbons (Fsp3) is 0.125. The number of aromatic nitrogens is 2. The van der Waals surface area contributed by atoms with Crippen molar-refractivity contribution in [3.05, 3.63) is 47.4 Å². The zero-order valence-electron chi connectivity index (χ0n) is 12.0. The number of nitrogens with zero attached hydrogens (tertiary/aromatic N) is 3. The minimum Gasteiger partial charge on any atom is -0.447 e. The number of benzene rings is 1. The number of ether oxygens (including phenoxy) is 1. The number of rotatable bonds is 3. The van der Waals surface area contributed by atoms with E-state index in [0.717, 1.165) is 0 Å². The molecule has 3 aromatic rings. The Morgan fingerprint density at radius 2 is 2.13 bits per heavy atom. The normalized spacial score (nSPS) is 10.5. The van der Waals surface area contributed by atoms with Crippen LogP contribution in [-0.2, 0) is 4.74 Å². The van der Waals surface area contributed by atoms with E-state index in [1.54, 1.807) is 13.0 Å². The molecule has 3 rings (SSSR count). The highest BCUT2D eigenvalue weighted by molar-refractivity contribution is 6.04. The van der Waals surface area contributed by atoms with Crippen molar-refractivity contribution in [1.29, 1.82) is 5.26 Å². The van der Waals surface area contributed by atoms with Crippen LogP contribution in [0.4, 0.5) is 4.39 Å². The van der Waals surface area contributed by atoms with Crippen molar-refractivity contribution < 1.29 is 18.4 Å². The highest BCUT2D eigenvalue weighted by atomic mass is 19.1. The van der Waals surface area contributed by atoms with E-state index in [1.165, 1.54) is 30.3 Å². The van der Waals surface area contributed by atoms with Gasteiger partial charge in [0, 0.05) is 5.56 Å². The number of aryl methyl sites for hydroxylation is 1. The van der Waals surface area contributed by atoms with Crippen molar-refractivity contribution >= 4 is 17.1 Å². The van der Waals surface area contributed by atoms with Crippen LogP contribution >= 0.6 is 0 Å². The van der Waals surface area contributed by atoms with Crippen molar-refractivity contribution in [2.45, 2.75) is 6.92 Å². The first-order valence-corrected chi connectivity index (χ1v) is 6.67. The molecule has 0 amide bonds. The lowest BCUT2D eigenvalue weighted by Crippen LogP contribution is -2.07. The second kappa shape index (κ2) is 5.85. The molecule has 0 fully saturated rings. The average Bonchev–Trinajstić information content (AvgIpc) is 2.94. The zero-order chi connectivity index (χ0) is 16.4. The van der Waals surface area contributed by atoms with Crippen LogP contribution in [0.2, 0.25) is 0 Å². The molecule has 0 unspecified atom stereocenters. The van der Waals surface area contributed by atoms with Crippen LogP contribution < -0.4 is 0 Å². The van der Waals surface area contributed by atoms with Gasteiger partial charge < -0.3 is 9.26 Å². The van der Waals surface area contributed by atoms with Crippen LogP contribution in [0.25, 0.3) is 22.4 Å². The molecule has 23 heavy (non-hydrogen) atoms. The molecular formula is C16H10FN3O3. The molecule has 114 valence electrons. The number of nitriles is 1. The maximum Gasteiger partial charge on any atom is 0.340 e. The Balaban J connectivity index is 2.16. The van der Waals surface area contributed by atoms with Gasteiger partial charge in [0.2, 0.25) is 0 Å². The van der Waals surface area contributed by atoms with E-state index in [1.807, 2.05) is 0 Å². The van der Waals surface area contributed by atoms with Crippen LogP contribution in [0.5, 0.6) is 0 Å². The van der Waals surface area contributed by atoms with E-state index in [2.05, 4.69) is 10.1 Å². The van der Waals surface area contributed by atoms with Crippen molar-refractivity contribution in [1.82, 2.24) is 10.1 Å². The Morgan fingerprint density at radius 3 is 2.83 bits per heavy atom. The molecule has 0 bridgehead atoms. The maximum absolute atomic E-state index is 13.1. The van der Waals surface area contributed by atoms with E-state index < -0.39 is 5.97 Å². The molecule has 0 radical (unpaired) electrons. The van der Waals surface area contributed by atoms with Gasteiger partial charge in [0.1, 0.15) is 11.9 Å². The molecule has 0 spiro atoms. The average molecular weight is 311 g/mol. The molecule has 7 heteroatoms. The summed E-state index contributed by atoms with van der Waals surface area (Å²) in [4.78, 5) is 16.5. The van der Waals surface area contributed by atoms with E-state index in [4.69, 9.17) is 14.5 Å². The Hall–Kier alpha value is -3.27. The number of fused-ring (bicyclic) bond motifs is 1. The summed E-state index contributed by atoms with van der Waals surface area (Å²) in [6, 6.07) is 8.91. The topological polar surface area (TPSA) is 89.0 Å². The molecule has 0 atom stereocenters. The minimum absolute atomic E-state index is 0.174. The summed E-state index contributed by atoms with van der Waals surface area (Å²) in [6.07, 6.45) is 0. The van der Waals surface area contributed by atoms with Crippen molar-refractivity contribution in [2.24, 2.45) is 0 Å². The minimum atomic E-state index is -0.673. The summed E-state index contributed by atoms with van der Waals surface area (Å²) in [5.41, 5.74) is 1.88. The summed E-state index contributed by atoms with van der Waals surface area (Å²) in [5, 5.41) is 12.8. The van der Waals surface area contributed by atoms with Gasteiger partial charge in [-0.2, -0.15) is 5.26 Å². The van der Waals surface area contributed by atoms with Gasteiger partial charge in [-0.25, -0.2) is 14.2 Å². The molecule has 6 nitrogen and oxygen atoms in total. The van der Waals surface area contributed by atoms with Gasteiger partial charge in [0.15, 0.2) is 6.61 Å². The molecule has 0 saturated carbocycles. The molecule has 2 heterocycles. The van der Waals surface area contributed by atoms with E-state index in [0.29, 0.717) is 22.3 Å². The van der Waals surface area contributed by atoms with Gasteiger partial charge in [-0.1, -0.05) is 5.16 Å². The third-order valence-electron chi connectivity index (χ3n) is 3.24. The monoisotopic (exact) mass is 311 g/mol. The van der Waals surface area contributed by atoms with Crippen molar-refractivity contribution in [2.75, 3.05) is 6.61 Å². The molecular weight excluding hydrogens is 301 g/mol. The lowest BCUT2D eigenvalue weighted by atomic mass is 10.1. The van der Waals surface area contributed by atoms with Crippen LogP contribution in [0.3, 0.4) is 0 Å². The number of carbonyl (C=O) groups is 1. The molecule has 0 N–H and O–H groups in total. The molecule has 0 aliphatic carbocycles. The highest BCUT2D eigenvalue weighted by Crippen LogP contribution is 2.27. The van der Waals surface area contributed by atoms with Crippen molar-refractivity contribution in [3.63, 3.8) is 0 Å². The molecule has 0 saturated heterocycles. The Labute approximate surface area is 130 Å². The van der Waals surface area contributed by atoms with Gasteiger partial charge >= 0.3 is 5.97 Å². The first kappa shape index (κ1) is 14.7. The standard InChI is InChI=1S/C16H10FN3O3/c1-9-14-12(16(21)22-7-6-18)8-13(19-15(14)23-20-9)10-2-4-11(17)5-3-10/h2-5,8H,7H2,1H3. The zero-order valence-corrected chi connectivity index (χ0v) is 12.0. The van der Waals surface area contributed by atoms with Gasteiger partial charge in [0.25, 0.3) is 5.71 Å². The summed E-state index contributed by atoms with van der Waals surface area (Å²) in [6.45, 7) is 1.31. The number of carbonyl (C=O) groups excluding carboxylic acids is 1. The number of hydrogen-bond donors (Lipinski definition) is 0. The first-order chi connectivity index (χ1) is 11.1. The summed E-state index contributed by atoms with van der Waals surface area (Å²) in [7, 11) is 0. The third-order valence-corrected chi connectivity index (χ3v) is 3.24. The quantitative estimate of drug-likeness (QED) is 0.691. The van der Waals surface area contributed by atoms with Gasteiger partial charge in [-0.3, -0.25) is 0 Å². The number of esters is 1. The SMILES string of the molecule is Cc1noc2nc(-c3ccc(F)cc3)cc(C(=O)OCC#N)c12. The van der Waals surface area contributed by atoms with E-state index >= 15 is 0 Å². The number of halogens is 1. The van der Waals surface area contributed by atoms with E-state index in [-0.39, 0.29) is 23.7 Å². The maximum atomic E-state index is 13.1. The lowest BCUT2D eigenvalue weighted by Gasteiger charge is -2.06. The Bertz CT molecular complexity index is 926. The van der Waals surface area contributed by atoms with Crippen LogP contribution in [-0.4, -0.2) is 22.7 Å². The molecule has 0 aliphatic heterocycles.